The van der Waals surface area contributed by atoms with Gasteiger partial charge in [0.25, 0.3) is 0 Å². The van der Waals surface area contributed by atoms with Gasteiger partial charge in [0.1, 0.15) is 0 Å². The molecule has 2 aliphatic rings. The van der Waals surface area contributed by atoms with Crippen molar-refractivity contribution in [1.29, 1.82) is 0 Å². The van der Waals surface area contributed by atoms with Gasteiger partial charge < -0.3 is 5.32 Å². The third kappa shape index (κ3) is 1.78. The first kappa shape index (κ1) is 11.7. The van der Waals surface area contributed by atoms with Crippen molar-refractivity contribution in [3.05, 3.63) is 45.8 Å². The molecule has 1 nitrogen and oxygen atoms in total. The van der Waals surface area contributed by atoms with Crippen LogP contribution in [-0.2, 0) is 12.0 Å². The predicted octanol–water partition coefficient (Wildman–Crippen LogP) is 4.17. The second-order valence-corrected chi connectivity index (χ2v) is 7.22. The van der Waals surface area contributed by atoms with Gasteiger partial charge in [0.15, 0.2) is 0 Å². The lowest BCUT2D eigenvalue weighted by Gasteiger charge is -2.22. The van der Waals surface area contributed by atoms with Crippen LogP contribution in [0.15, 0.2) is 24.3 Å². The van der Waals surface area contributed by atoms with Crippen LogP contribution in [0.4, 0.5) is 0 Å². The van der Waals surface area contributed by atoms with Gasteiger partial charge >= 0.3 is 0 Å². The first-order valence-corrected chi connectivity index (χ1v) is 7.91. The Labute approximate surface area is 118 Å². The third-order valence-corrected chi connectivity index (χ3v) is 6.03. The van der Waals surface area contributed by atoms with Crippen molar-refractivity contribution in [2.75, 3.05) is 6.54 Å². The van der Waals surface area contributed by atoms with Gasteiger partial charge in [-0.15, -0.1) is 11.3 Å². The van der Waals surface area contributed by atoms with E-state index in [2.05, 4.69) is 43.4 Å². The van der Waals surface area contributed by atoms with Gasteiger partial charge in [-0.05, 0) is 49.4 Å². The van der Waals surface area contributed by atoms with Crippen LogP contribution in [0.2, 0.25) is 0 Å². The van der Waals surface area contributed by atoms with Crippen molar-refractivity contribution in [2.24, 2.45) is 0 Å². The molecule has 0 saturated heterocycles. The van der Waals surface area contributed by atoms with Crippen LogP contribution < -0.4 is 5.32 Å². The number of nitrogens with one attached hydrogen (secondary N) is 1. The molecule has 2 heterocycles. The smallest absolute Gasteiger partial charge is 0.0351 e. The van der Waals surface area contributed by atoms with E-state index in [4.69, 9.17) is 0 Å². The van der Waals surface area contributed by atoms with Gasteiger partial charge in [-0.1, -0.05) is 23.8 Å². The average Bonchev–Trinajstić information content (AvgIpc) is 2.99. The van der Waals surface area contributed by atoms with E-state index in [-0.39, 0.29) is 0 Å². The standard InChI is InChI=1S/C17H19NS/c1-11-3-4-14(12(2)7-11)15-8-13-9-18-10-17(5-6-17)16(13)19-15/h3-4,7-8,18H,5-6,9-10H2,1-2H3. The minimum Gasteiger partial charge on any atom is -0.312 e. The summed E-state index contributed by atoms with van der Waals surface area (Å²) in [6.45, 7) is 6.64. The van der Waals surface area contributed by atoms with E-state index >= 15 is 0 Å². The van der Waals surface area contributed by atoms with Crippen molar-refractivity contribution in [3.63, 3.8) is 0 Å². The van der Waals surface area contributed by atoms with E-state index in [1.165, 1.54) is 41.0 Å². The molecule has 1 aliphatic heterocycles. The molecule has 0 bridgehead atoms. The van der Waals surface area contributed by atoms with Crippen molar-refractivity contribution in [1.82, 2.24) is 5.32 Å². The maximum absolute atomic E-state index is 3.59. The average molecular weight is 269 g/mol. The fraction of sp³-hybridized carbons (Fsp3) is 0.412. The Morgan fingerprint density at radius 2 is 2.00 bits per heavy atom. The van der Waals surface area contributed by atoms with Gasteiger partial charge in [0.2, 0.25) is 0 Å². The normalized spacial score (nSPS) is 19.5. The summed E-state index contributed by atoms with van der Waals surface area (Å²) in [6.07, 6.45) is 2.75. The Balaban J connectivity index is 1.83. The fourth-order valence-corrected chi connectivity index (χ4v) is 4.82. The Morgan fingerprint density at radius 1 is 1.16 bits per heavy atom. The molecule has 1 N–H and O–H groups in total. The zero-order valence-electron chi connectivity index (χ0n) is 11.5. The summed E-state index contributed by atoms with van der Waals surface area (Å²) in [7, 11) is 0. The highest BCUT2D eigenvalue weighted by molar-refractivity contribution is 7.15. The number of hydrogen-bond donors (Lipinski definition) is 1. The maximum Gasteiger partial charge on any atom is 0.0351 e. The molecular weight excluding hydrogens is 250 g/mol. The van der Waals surface area contributed by atoms with Gasteiger partial charge in [0, 0.05) is 28.3 Å². The second kappa shape index (κ2) is 3.94. The summed E-state index contributed by atoms with van der Waals surface area (Å²) in [6, 6.07) is 9.23. The molecule has 98 valence electrons. The molecule has 19 heavy (non-hydrogen) atoms. The minimum atomic E-state index is 0.509. The topological polar surface area (TPSA) is 12.0 Å². The molecule has 1 spiro atoms. The quantitative estimate of drug-likeness (QED) is 0.819. The molecule has 1 aromatic carbocycles. The first-order valence-electron chi connectivity index (χ1n) is 7.09. The molecule has 1 fully saturated rings. The zero-order valence-corrected chi connectivity index (χ0v) is 12.4. The molecular formula is C17H19NS. The summed E-state index contributed by atoms with van der Waals surface area (Å²) in [5, 5.41) is 3.59. The van der Waals surface area contributed by atoms with Crippen LogP contribution in [0, 0.1) is 13.8 Å². The molecule has 0 amide bonds. The van der Waals surface area contributed by atoms with Crippen LogP contribution >= 0.6 is 11.3 Å². The molecule has 4 rings (SSSR count). The van der Waals surface area contributed by atoms with Crippen molar-refractivity contribution >= 4 is 11.3 Å². The first-order chi connectivity index (χ1) is 9.18. The van der Waals surface area contributed by atoms with Gasteiger partial charge in [-0.3, -0.25) is 0 Å². The summed E-state index contributed by atoms with van der Waals surface area (Å²) in [5.41, 5.74) is 6.22. The Hall–Kier alpha value is -1.12. The molecule has 1 aliphatic carbocycles. The van der Waals surface area contributed by atoms with E-state index in [1.54, 1.807) is 10.4 Å². The van der Waals surface area contributed by atoms with Crippen molar-refractivity contribution in [3.8, 4) is 10.4 Å². The number of hydrogen-bond acceptors (Lipinski definition) is 2. The molecule has 2 aromatic rings. The highest BCUT2D eigenvalue weighted by atomic mass is 32.1. The van der Waals surface area contributed by atoms with E-state index in [9.17, 15) is 0 Å². The number of fused-ring (bicyclic) bond motifs is 2. The Morgan fingerprint density at radius 3 is 2.74 bits per heavy atom. The highest BCUT2D eigenvalue weighted by Crippen LogP contribution is 2.54. The van der Waals surface area contributed by atoms with Gasteiger partial charge in [0.05, 0.1) is 0 Å². The van der Waals surface area contributed by atoms with Gasteiger partial charge in [-0.25, -0.2) is 0 Å². The molecule has 1 aromatic heterocycles. The molecule has 0 radical (unpaired) electrons. The highest BCUT2D eigenvalue weighted by Gasteiger charge is 2.48. The third-order valence-electron chi connectivity index (χ3n) is 4.57. The number of aryl methyl sites for hydroxylation is 2. The van der Waals surface area contributed by atoms with Crippen molar-refractivity contribution in [2.45, 2.75) is 38.6 Å². The lowest BCUT2D eigenvalue weighted by atomic mass is 9.96. The second-order valence-electron chi connectivity index (χ2n) is 6.17. The number of thiophene rings is 1. The van der Waals surface area contributed by atoms with Crippen LogP contribution in [-0.4, -0.2) is 6.54 Å². The van der Waals surface area contributed by atoms with E-state index < -0.39 is 0 Å². The predicted molar refractivity (Wildman–Crippen MR) is 81.8 cm³/mol. The van der Waals surface area contributed by atoms with E-state index in [1.807, 2.05) is 11.3 Å². The SMILES string of the molecule is Cc1ccc(-c2cc3c(s2)C2(CC2)CNC3)c(C)c1. The lowest BCUT2D eigenvalue weighted by molar-refractivity contribution is 0.541. The summed E-state index contributed by atoms with van der Waals surface area (Å²) < 4.78 is 0. The monoisotopic (exact) mass is 269 g/mol. The minimum absolute atomic E-state index is 0.509. The molecule has 2 heteroatoms. The molecule has 0 atom stereocenters. The zero-order chi connectivity index (χ0) is 13.0. The van der Waals surface area contributed by atoms with Gasteiger partial charge in [-0.2, -0.15) is 0 Å². The maximum atomic E-state index is 3.59. The van der Waals surface area contributed by atoms with E-state index in [0.717, 1.165) is 6.54 Å². The lowest BCUT2D eigenvalue weighted by Crippen LogP contribution is -2.31. The van der Waals surface area contributed by atoms with E-state index in [0.29, 0.717) is 5.41 Å². The summed E-state index contributed by atoms with van der Waals surface area (Å²) in [4.78, 5) is 3.12. The summed E-state index contributed by atoms with van der Waals surface area (Å²) >= 11 is 2.04. The van der Waals surface area contributed by atoms with Crippen LogP contribution in [0.1, 0.15) is 34.4 Å². The fourth-order valence-electron chi connectivity index (χ4n) is 3.30. The van der Waals surface area contributed by atoms with Crippen LogP contribution in [0.5, 0.6) is 0 Å². The van der Waals surface area contributed by atoms with Crippen LogP contribution in [0.3, 0.4) is 0 Å². The van der Waals surface area contributed by atoms with Crippen LogP contribution in [0.25, 0.3) is 10.4 Å². The number of benzene rings is 1. The Bertz CT molecular complexity index is 649. The number of rotatable bonds is 1. The molecule has 1 saturated carbocycles. The molecule has 0 unspecified atom stereocenters. The summed E-state index contributed by atoms with van der Waals surface area (Å²) in [5.74, 6) is 0. The largest absolute Gasteiger partial charge is 0.312 e. The van der Waals surface area contributed by atoms with Crippen molar-refractivity contribution < 1.29 is 0 Å². The Kier molecular flexibility index (Phi) is 2.42.